The smallest absolute Gasteiger partial charge is 0.141 e. The molecule has 6 heteroatoms. The SMILES string of the molecule is OCc1ccc([C@@H]2[C@H](CCCc3ccc(F)cc3)SC(=S)N2c2ccc(-c3ccccc3)cc2)c(O)c1. The zero-order chi connectivity index (χ0) is 25.8. The Morgan fingerprint density at radius 3 is 2.19 bits per heavy atom. The molecule has 0 aliphatic carbocycles. The van der Waals surface area contributed by atoms with E-state index in [-0.39, 0.29) is 29.5 Å². The number of phenolic OH excluding ortho intramolecular Hbond substituents is 1. The number of hydrogen-bond acceptors (Lipinski definition) is 4. The van der Waals surface area contributed by atoms with Crippen LogP contribution in [0, 0.1) is 5.82 Å². The molecule has 5 rings (SSSR count). The summed E-state index contributed by atoms with van der Waals surface area (Å²) in [4.78, 5) is 2.14. The number of hydrogen-bond donors (Lipinski definition) is 2. The first-order valence-corrected chi connectivity index (χ1v) is 13.6. The van der Waals surface area contributed by atoms with Crippen LogP contribution in [0.25, 0.3) is 11.1 Å². The van der Waals surface area contributed by atoms with E-state index in [9.17, 15) is 14.6 Å². The van der Waals surface area contributed by atoms with Crippen molar-refractivity contribution < 1.29 is 14.6 Å². The van der Waals surface area contributed by atoms with Crippen LogP contribution in [-0.4, -0.2) is 19.8 Å². The normalized spacial score (nSPS) is 17.4. The molecule has 1 heterocycles. The highest BCUT2D eigenvalue weighted by Gasteiger charge is 2.41. The van der Waals surface area contributed by atoms with E-state index in [0.29, 0.717) is 5.56 Å². The van der Waals surface area contributed by atoms with Crippen molar-refractivity contribution in [2.24, 2.45) is 0 Å². The van der Waals surface area contributed by atoms with Gasteiger partial charge >= 0.3 is 0 Å². The van der Waals surface area contributed by atoms with Crippen molar-refractivity contribution in [3.63, 3.8) is 0 Å². The molecule has 0 amide bonds. The van der Waals surface area contributed by atoms with Gasteiger partial charge in [-0.05, 0) is 71.8 Å². The lowest BCUT2D eigenvalue weighted by atomic mass is 9.95. The fraction of sp³-hybridized carbons (Fsp3) is 0.194. The first-order valence-electron chi connectivity index (χ1n) is 12.4. The van der Waals surface area contributed by atoms with E-state index in [4.69, 9.17) is 12.2 Å². The predicted molar refractivity (Wildman–Crippen MR) is 154 cm³/mol. The lowest BCUT2D eigenvalue weighted by Crippen LogP contribution is -2.29. The number of aromatic hydroxyl groups is 1. The van der Waals surface area contributed by atoms with E-state index in [1.165, 1.54) is 12.1 Å². The lowest BCUT2D eigenvalue weighted by molar-refractivity contribution is 0.281. The largest absolute Gasteiger partial charge is 0.508 e. The molecule has 1 fully saturated rings. The van der Waals surface area contributed by atoms with Crippen LogP contribution in [-0.2, 0) is 13.0 Å². The zero-order valence-corrected chi connectivity index (χ0v) is 21.9. The maximum Gasteiger partial charge on any atom is 0.141 e. The van der Waals surface area contributed by atoms with E-state index < -0.39 is 0 Å². The van der Waals surface area contributed by atoms with Crippen molar-refractivity contribution in [2.45, 2.75) is 37.2 Å². The van der Waals surface area contributed by atoms with Crippen LogP contribution in [0.15, 0.2) is 97.1 Å². The lowest BCUT2D eigenvalue weighted by Gasteiger charge is -2.30. The van der Waals surface area contributed by atoms with E-state index in [0.717, 1.165) is 51.5 Å². The van der Waals surface area contributed by atoms with E-state index in [2.05, 4.69) is 41.3 Å². The monoisotopic (exact) mass is 529 g/mol. The molecule has 1 aliphatic rings. The Balaban J connectivity index is 1.43. The summed E-state index contributed by atoms with van der Waals surface area (Å²) >= 11 is 7.54. The van der Waals surface area contributed by atoms with Gasteiger partial charge in [0.2, 0.25) is 0 Å². The second-order valence-electron chi connectivity index (χ2n) is 9.22. The fourth-order valence-corrected chi connectivity index (χ4v) is 6.76. The third kappa shape index (κ3) is 5.72. The zero-order valence-electron chi connectivity index (χ0n) is 20.3. The van der Waals surface area contributed by atoms with Crippen molar-refractivity contribution in [2.75, 3.05) is 4.90 Å². The molecule has 0 unspecified atom stereocenters. The molecule has 1 aliphatic heterocycles. The summed E-state index contributed by atoms with van der Waals surface area (Å²) in [6.45, 7) is -0.128. The van der Waals surface area contributed by atoms with Gasteiger partial charge < -0.3 is 15.1 Å². The molecule has 2 N–H and O–H groups in total. The number of benzene rings is 4. The van der Waals surface area contributed by atoms with Gasteiger partial charge in [0.05, 0.1) is 12.6 Å². The van der Waals surface area contributed by atoms with Crippen molar-refractivity contribution in [1.82, 2.24) is 0 Å². The Labute approximate surface area is 226 Å². The van der Waals surface area contributed by atoms with Gasteiger partial charge in [-0.25, -0.2) is 4.39 Å². The van der Waals surface area contributed by atoms with Gasteiger partial charge in [0.15, 0.2) is 0 Å². The van der Waals surface area contributed by atoms with Crippen LogP contribution in [0.5, 0.6) is 5.75 Å². The minimum Gasteiger partial charge on any atom is -0.508 e. The van der Waals surface area contributed by atoms with Gasteiger partial charge in [-0.1, -0.05) is 90.7 Å². The fourth-order valence-electron chi connectivity index (χ4n) is 4.89. The summed E-state index contributed by atoms with van der Waals surface area (Å²) in [7, 11) is 0. The molecule has 0 radical (unpaired) electrons. The molecule has 2 atom stereocenters. The number of aliphatic hydroxyl groups excluding tert-OH is 1. The summed E-state index contributed by atoms with van der Waals surface area (Å²) in [5, 5.41) is 20.6. The third-order valence-corrected chi connectivity index (χ3v) is 8.48. The average molecular weight is 530 g/mol. The number of halogens is 1. The van der Waals surface area contributed by atoms with Gasteiger partial charge in [0.25, 0.3) is 0 Å². The van der Waals surface area contributed by atoms with Crippen molar-refractivity contribution in [3.05, 3.63) is 120 Å². The first-order chi connectivity index (χ1) is 18.0. The Bertz CT molecular complexity index is 1360. The van der Waals surface area contributed by atoms with Crippen LogP contribution in [0.3, 0.4) is 0 Å². The van der Waals surface area contributed by atoms with Crippen molar-refractivity contribution >= 4 is 34.0 Å². The van der Waals surface area contributed by atoms with Crippen LogP contribution in [0.4, 0.5) is 10.1 Å². The van der Waals surface area contributed by atoms with Gasteiger partial charge in [0, 0.05) is 16.5 Å². The highest BCUT2D eigenvalue weighted by atomic mass is 32.2. The molecule has 37 heavy (non-hydrogen) atoms. The molecular formula is C31H28FNO2S2. The third-order valence-electron chi connectivity index (χ3n) is 6.80. The minimum absolute atomic E-state index is 0.128. The molecular weight excluding hydrogens is 501 g/mol. The molecule has 4 aromatic carbocycles. The molecule has 0 aromatic heterocycles. The first kappa shape index (κ1) is 25.5. The number of aryl methyl sites for hydroxylation is 1. The van der Waals surface area contributed by atoms with Gasteiger partial charge in [-0.3, -0.25) is 0 Å². The minimum atomic E-state index is -0.226. The molecule has 188 valence electrons. The van der Waals surface area contributed by atoms with Crippen molar-refractivity contribution in [3.8, 4) is 16.9 Å². The molecule has 1 saturated heterocycles. The standard InChI is InChI=1S/C31H28FNO2S2/c32-25-14-9-21(10-15-25)5-4-8-29-30(27-18-11-22(20-34)19-28(27)35)33(31(36)37-29)26-16-12-24(13-17-26)23-6-2-1-3-7-23/h1-3,6-7,9-19,29-30,34-35H,4-5,8,20H2/t29-,30+/m0/s1. The number of nitrogens with zero attached hydrogens (tertiary/aromatic N) is 1. The second-order valence-corrected chi connectivity index (χ2v) is 11.1. The molecule has 0 saturated carbocycles. The topological polar surface area (TPSA) is 43.7 Å². The number of thioether (sulfide) groups is 1. The maximum atomic E-state index is 13.3. The Hall–Kier alpha value is -3.19. The van der Waals surface area contributed by atoms with Gasteiger partial charge in [0.1, 0.15) is 15.9 Å². The van der Waals surface area contributed by atoms with Crippen LogP contribution < -0.4 is 4.90 Å². The quantitative estimate of drug-likeness (QED) is 0.229. The second kappa shape index (κ2) is 11.5. The molecule has 0 spiro atoms. The van der Waals surface area contributed by atoms with Crippen LogP contribution in [0.2, 0.25) is 0 Å². The number of phenols is 1. The Kier molecular flexibility index (Phi) is 7.89. The van der Waals surface area contributed by atoms with Gasteiger partial charge in [-0.2, -0.15) is 0 Å². The summed E-state index contributed by atoms with van der Waals surface area (Å²) < 4.78 is 14.1. The summed E-state index contributed by atoms with van der Waals surface area (Å²) in [6.07, 6.45) is 2.64. The molecule has 4 aromatic rings. The maximum absolute atomic E-state index is 13.3. The number of thiocarbonyl (C=S) groups is 1. The molecule has 0 bridgehead atoms. The number of anilines is 1. The number of aliphatic hydroxyl groups is 1. The Morgan fingerprint density at radius 1 is 0.838 bits per heavy atom. The van der Waals surface area contributed by atoms with E-state index in [1.54, 1.807) is 17.8 Å². The molecule has 3 nitrogen and oxygen atoms in total. The highest BCUT2D eigenvalue weighted by molar-refractivity contribution is 8.24. The highest BCUT2D eigenvalue weighted by Crippen LogP contribution is 2.48. The summed E-state index contributed by atoms with van der Waals surface area (Å²) in [5.41, 5.74) is 5.83. The summed E-state index contributed by atoms with van der Waals surface area (Å²) in [5.74, 6) is -0.0625. The van der Waals surface area contributed by atoms with Crippen molar-refractivity contribution in [1.29, 1.82) is 0 Å². The average Bonchev–Trinajstić information content (AvgIpc) is 3.25. The summed E-state index contributed by atoms with van der Waals surface area (Å²) in [6, 6.07) is 30.5. The predicted octanol–water partition coefficient (Wildman–Crippen LogP) is 7.66. The van der Waals surface area contributed by atoms with E-state index >= 15 is 0 Å². The van der Waals surface area contributed by atoms with Crippen LogP contribution >= 0.6 is 24.0 Å². The van der Waals surface area contributed by atoms with E-state index in [1.807, 2.05) is 42.5 Å². The van der Waals surface area contributed by atoms with Crippen LogP contribution in [0.1, 0.15) is 35.6 Å². The van der Waals surface area contributed by atoms with Gasteiger partial charge in [-0.15, -0.1) is 0 Å². The Morgan fingerprint density at radius 2 is 1.51 bits per heavy atom. The number of rotatable bonds is 8.